The average molecular weight is 1690 g/mol. The molecular formula is C108H219NO10. The largest absolute Gasteiger partial charge is 0.390 e. The van der Waals surface area contributed by atoms with Crippen molar-refractivity contribution in [2.24, 2.45) is 0 Å². The van der Waals surface area contributed by atoms with Gasteiger partial charge in [0.15, 0.2) is 0 Å². The summed E-state index contributed by atoms with van der Waals surface area (Å²) in [6.07, 6.45) is 99.3. The van der Waals surface area contributed by atoms with Gasteiger partial charge in [0.2, 0.25) is 0 Å². The van der Waals surface area contributed by atoms with Gasteiger partial charge >= 0.3 is 0 Å². The van der Waals surface area contributed by atoms with Gasteiger partial charge in [0.05, 0.1) is 52.9 Å². The maximum absolute atomic E-state index is 13.4. The van der Waals surface area contributed by atoms with E-state index in [0.717, 1.165) is 180 Å². The molecule has 0 aromatic carbocycles. The SMILES string of the molecule is CCCCCCCCCCCCOC(CO)(OCCCCCCCCCCCC)C(OCCCCCCCCCCCC)(OCCCCCCCCCCCC)N(CCCCCC)C(OCCCCCCCCCCCC)(OCCCCCCCCCCCC)C(CO)(OCCCCCCCCCCCC)OCCCCCCCCCCCC. The molecule has 119 heavy (non-hydrogen) atoms. The normalized spacial score (nSPS) is 12.5. The molecule has 0 heterocycles. The molecule has 0 radical (unpaired) electrons. The predicted molar refractivity (Wildman–Crippen MR) is 518 cm³/mol. The zero-order valence-electron chi connectivity index (χ0n) is 82.8. The lowest BCUT2D eigenvalue weighted by Gasteiger charge is -2.60. The zero-order valence-corrected chi connectivity index (χ0v) is 82.8. The van der Waals surface area contributed by atoms with Crippen molar-refractivity contribution < 1.29 is 48.1 Å². The van der Waals surface area contributed by atoms with Crippen LogP contribution in [0.25, 0.3) is 0 Å². The molecule has 2 N–H and O–H groups in total. The first-order valence-electron chi connectivity index (χ1n) is 54.9. The molecule has 0 aliphatic rings. The summed E-state index contributed by atoms with van der Waals surface area (Å²) in [5.74, 6) is -7.82. The minimum atomic E-state index is -2.00. The van der Waals surface area contributed by atoms with E-state index in [9.17, 15) is 10.2 Å². The smallest absolute Gasteiger partial charge is 0.294 e. The first-order valence-corrected chi connectivity index (χ1v) is 54.9. The Bertz CT molecular complexity index is 1650. The summed E-state index contributed by atoms with van der Waals surface area (Å²) in [4.78, 5) is 2.23. The third-order valence-electron chi connectivity index (χ3n) is 25.8. The number of rotatable bonds is 107. The van der Waals surface area contributed by atoms with Gasteiger partial charge in [-0.25, -0.2) is 0 Å². The Hall–Kier alpha value is -0.440. The highest BCUT2D eigenvalue weighted by molar-refractivity contribution is 5.01. The number of ether oxygens (including phenoxy) is 8. The van der Waals surface area contributed by atoms with E-state index in [-0.39, 0.29) is 0 Å². The number of aliphatic hydroxyl groups excluding tert-OH is 2. The molecule has 0 saturated carbocycles. The Balaban J connectivity index is 9.59. The lowest BCUT2D eigenvalue weighted by molar-refractivity contribution is -0.545. The van der Waals surface area contributed by atoms with Crippen molar-refractivity contribution in [2.75, 3.05) is 72.6 Å². The molecule has 716 valence electrons. The molecule has 11 nitrogen and oxygen atoms in total. The van der Waals surface area contributed by atoms with Crippen LogP contribution in [-0.4, -0.2) is 111 Å². The Kier molecular flexibility index (Phi) is 94.8. The maximum atomic E-state index is 13.4. The Morgan fingerprint density at radius 2 is 0.252 bits per heavy atom. The molecule has 0 atom stereocenters. The van der Waals surface area contributed by atoms with Crippen LogP contribution in [0.3, 0.4) is 0 Å². The highest BCUT2D eigenvalue weighted by Crippen LogP contribution is 2.49. The Morgan fingerprint density at radius 3 is 0.378 bits per heavy atom. The quantitative estimate of drug-likeness (QED) is 0.0448. The topological polar surface area (TPSA) is 118 Å². The van der Waals surface area contributed by atoms with Gasteiger partial charge in [-0.15, -0.1) is 0 Å². The van der Waals surface area contributed by atoms with E-state index in [0.29, 0.717) is 59.4 Å². The molecule has 0 unspecified atom stereocenters. The van der Waals surface area contributed by atoms with Crippen LogP contribution in [0.15, 0.2) is 0 Å². The van der Waals surface area contributed by atoms with Gasteiger partial charge in [-0.05, 0) is 57.8 Å². The molecule has 0 fully saturated rings. The maximum Gasteiger partial charge on any atom is 0.294 e. The average Bonchev–Trinajstić information content (AvgIpc) is 0.708. The fraction of sp³-hybridized carbons (Fsp3) is 1.00. The summed E-state index contributed by atoms with van der Waals surface area (Å²) < 4.78 is 64.0. The van der Waals surface area contributed by atoms with Gasteiger partial charge in [0, 0.05) is 6.54 Å². The summed E-state index contributed by atoms with van der Waals surface area (Å²) >= 11 is 0. The molecule has 0 bridgehead atoms. The second-order valence-corrected chi connectivity index (χ2v) is 37.4. The van der Waals surface area contributed by atoms with Crippen LogP contribution in [-0.2, 0) is 37.9 Å². The zero-order chi connectivity index (χ0) is 86.4. The van der Waals surface area contributed by atoms with Crippen molar-refractivity contribution in [3.63, 3.8) is 0 Å². The molecule has 0 aromatic heterocycles. The molecule has 0 amide bonds. The minimum absolute atomic E-state index is 0.336. The van der Waals surface area contributed by atoms with E-state index in [2.05, 4.69) is 67.2 Å². The van der Waals surface area contributed by atoms with Crippen LogP contribution in [0, 0.1) is 0 Å². The van der Waals surface area contributed by atoms with Crippen molar-refractivity contribution in [1.82, 2.24) is 4.90 Å². The van der Waals surface area contributed by atoms with Crippen LogP contribution in [0.4, 0.5) is 0 Å². The van der Waals surface area contributed by atoms with Crippen molar-refractivity contribution >= 4 is 0 Å². The molecular weight excluding hydrogens is 1470 g/mol. The Labute approximate surface area is 746 Å². The van der Waals surface area contributed by atoms with Gasteiger partial charge in [0.1, 0.15) is 13.2 Å². The third-order valence-corrected chi connectivity index (χ3v) is 25.8. The number of aliphatic hydroxyl groups is 2. The molecule has 0 rings (SSSR count). The molecule has 0 aliphatic carbocycles. The molecule has 0 spiro atoms. The summed E-state index contributed by atoms with van der Waals surface area (Å²) in [5.41, 5.74) is 0. The number of unbranched alkanes of at least 4 members (excludes halogenated alkanes) is 75. The van der Waals surface area contributed by atoms with Crippen LogP contribution < -0.4 is 0 Å². The van der Waals surface area contributed by atoms with Gasteiger partial charge in [0.25, 0.3) is 23.4 Å². The van der Waals surface area contributed by atoms with Gasteiger partial charge < -0.3 is 48.1 Å². The lowest BCUT2D eigenvalue weighted by Crippen LogP contribution is -2.82. The van der Waals surface area contributed by atoms with Crippen LogP contribution in [0.5, 0.6) is 0 Å². The summed E-state index contributed by atoms with van der Waals surface area (Å²) in [7, 11) is 0. The molecule has 0 aromatic rings. The van der Waals surface area contributed by atoms with Crippen LogP contribution in [0.2, 0.25) is 0 Å². The number of nitrogens with zero attached hydrogens (tertiary/aromatic N) is 1. The first kappa shape index (κ1) is 119. The summed E-state index contributed by atoms with van der Waals surface area (Å²) in [6.45, 7) is 22.9. The fourth-order valence-corrected chi connectivity index (χ4v) is 17.8. The predicted octanol–water partition coefficient (Wildman–Crippen LogP) is 35.1. The van der Waals surface area contributed by atoms with Gasteiger partial charge in [-0.1, -0.05) is 544 Å². The first-order chi connectivity index (χ1) is 58.8. The van der Waals surface area contributed by atoms with Crippen molar-refractivity contribution in [3.05, 3.63) is 0 Å². The number of hydrogen-bond acceptors (Lipinski definition) is 11. The molecule has 0 saturated heterocycles. The summed E-state index contributed by atoms with van der Waals surface area (Å²) in [5, 5.41) is 26.9. The highest BCUT2D eigenvalue weighted by Gasteiger charge is 2.72. The van der Waals surface area contributed by atoms with E-state index in [4.69, 9.17) is 37.9 Å². The van der Waals surface area contributed by atoms with E-state index >= 15 is 0 Å². The standard InChI is InChI=1S/C108H219NO10/c1-10-19-28-37-45-53-61-69-77-86-95-112-105(103-110,113-96-87-78-70-62-54-46-38-29-20-11-2)107(116-99-90-81-73-65-57-49-41-32-23-14-5,117-100-91-82-74-66-58-50-42-33-24-15-6)109(94-85-36-27-18-9)108(118-101-92-83-75-67-59-51-43-34-25-16-7,119-102-93-84-76-68-60-52-44-35-26-17-8)106(104-111,114-97-88-79-71-63-55-47-39-30-21-12-3)115-98-89-80-72-64-56-48-40-31-22-13-4/h110-111H,10-104H2,1-9H3. The number of hydrogen-bond donors (Lipinski definition) is 2. The van der Waals surface area contributed by atoms with Crippen molar-refractivity contribution in [2.45, 2.75) is 625 Å². The van der Waals surface area contributed by atoms with Gasteiger partial charge in [-0.2, -0.15) is 4.90 Å². The molecule has 11 heteroatoms. The van der Waals surface area contributed by atoms with E-state index < -0.39 is 36.6 Å². The van der Waals surface area contributed by atoms with Crippen molar-refractivity contribution in [1.29, 1.82) is 0 Å². The monoisotopic (exact) mass is 1690 g/mol. The van der Waals surface area contributed by atoms with Gasteiger partial charge in [-0.3, -0.25) is 0 Å². The third kappa shape index (κ3) is 66.6. The van der Waals surface area contributed by atoms with Crippen LogP contribution >= 0.6 is 0 Å². The second kappa shape index (κ2) is 95.2. The van der Waals surface area contributed by atoms with Crippen LogP contribution in [0.1, 0.15) is 602 Å². The Morgan fingerprint density at radius 1 is 0.143 bits per heavy atom. The molecule has 0 aliphatic heterocycles. The second-order valence-electron chi connectivity index (χ2n) is 37.4. The lowest BCUT2D eigenvalue weighted by atomic mass is 10.0. The van der Waals surface area contributed by atoms with E-state index in [1.165, 1.54) is 360 Å². The fourth-order valence-electron chi connectivity index (χ4n) is 17.8. The highest BCUT2D eigenvalue weighted by atomic mass is 16.8. The van der Waals surface area contributed by atoms with Crippen molar-refractivity contribution in [3.8, 4) is 0 Å². The summed E-state index contributed by atoms with van der Waals surface area (Å²) in [6, 6.07) is 0. The van der Waals surface area contributed by atoms with E-state index in [1.807, 2.05) is 0 Å². The minimum Gasteiger partial charge on any atom is -0.390 e. The van der Waals surface area contributed by atoms with E-state index in [1.54, 1.807) is 0 Å².